The van der Waals surface area contributed by atoms with Gasteiger partial charge < -0.3 is 10.4 Å². The molecule has 1 atom stereocenters. The molecule has 1 heterocycles. The van der Waals surface area contributed by atoms with Crippen molar-refractivity contribution >= 4 is 44.3 Å². The van der Waals surface area contributed by atoms with Gasteiger partial charge in [-0.25, -0.2) is 8.78 Å². The first kappa shape index (κ1) is 19.3. The van der Waals surface area contributed by atoms with Crippen LogP contribution in [0, 0.1) is 0 Å². The Balaban J connectivity index is 0.00000220. The largest absolute Gasteiger partial charge is 0.390 e. The molecule has 0 amide bonds. The van der Waals surface area contributed by atoms with Crippen molar-refractivity contribution in [3.8, 4) is 0 Å². The van der Waals surface area contributed by atoms with Crippen LogP contribution >= 0.6 is 44.3 Å². The molecule has 0 saturated carbocycles. The zero-order chi connectivity index (χ0) is 14.8. The minimum Gasteiger partial charge on any atom is -0.390 e. The minimum absolute atomic E-state index is 0. The van der Waals surface area contributed by atoms with Crippen LogP contribution in [0.3, 0.4) is 0 Å². The fourth-order valence-electron chi connectivity index (χ4n) is 2.48. The molecule has 1 aliphatic rings. The van der Waals surface area contributed by atoms with Gasteiger partial charge in [0.05, 0.1) is 0 Å². The van der Waals surface area contributed by atoms with Crippen molar-refractivity contribution in [2.75, 3.05) is 32.8 Å². The van der Waals surface area contributed by atoms with Crippen LogP contribution < -0.4 is 5.32 Å². The summed E-state index contributed by atoms with van der Waals surface area (Å²) in [6.07, 6.45) is 0. The lowest BCUT2D eigenvalue weighted by molar-refractivity contribution is -0.118. The monoisotopic (exact) mass is 448 g/mol. The molecule has 1 aliphatic heterocycles. The van der Waals surface area contributed by atoms with E-state index in [1.165, 1.54) is 0 Å². The summed E-state index contributed by atoms with van der Waals surface area (Å²) in [5.74, 6) is -3.18. The Bertz CT molecular complexity index is 453. The molecule has 120 valence electrons. The third-order valence-corrected chi connectivity index (χ3v) is 4.24. The molecule has 0 aromatic heterocycles. The van der Waals surface area contributed by atoms with E-state index >= 15 is 0 Å². The fourth-order valence-corrected chi connectivity index (χ4v) is 3.81. The third-order valence-electron chi connectivity index (χ3n) is 3.33. The normalized spacial score (nSPS) is 18.1. The Labute approximate surface area is 145 Å². The van der Waals surface area contributed by atoms with Gasteiger partial charge in [-0.1, -0.05) is 31.9 Å². The average molecular weight is 451 g/mol. The van der Waals surface area contributed by atoms with Gasteiger partial charge in [0.1, 0.15) is 12.6 Å². The molecule has 8 heteroatoms. The summed E-state index contributed by atoms with van der Waals surface area (Å²) in [6.45, 7) is 1.25. The second-order valence-corrected chi connectivity index (χ2v) is 6.64. The van der Waals surface area contributed by atoms with E-state index in [2.05, 4.69) is 37.2 Å². The Kier molecular flexibility index (Phi) is 7.49. The van der Waals surface area contributed by atoms with Crippen molar-refractivity contribution in [3.63, 3.8) is 0 Å². The molecular weight excluding hydrogens is 433 g/mol. The van der Waals surface area contributed by atoms with E-state index in [-0.39, 0.29) is 12.4 Å². The smallest absolute Gasteiger partial charge is 0.289 e. The summed E-state index contributed by atoms with van der Waals surface area (Å²) in [5.41, 5.74) is 0.493. The van der Waals surface area contributed by atoms with E-state index in [9.17, 15) is 8.78 Å². The molecule has 1 fully saturated rings. The number of benzene rings is 1. The maximum atomic E-state index is 14.2. The number of hydrogen-bond acceptors (Lipinski definition) is 3. The number of rotatable bonds is 4. The molecule has 0 bridgehead atoms. The highest BCUT2D eigenvalue weighted by Crippen LogP contribution is 2.38. The van der Waals surface area contributed by atoms with Crippen LogP contribution in [0.4, 0.5) is 8.78 Å². The summed E-state index contributed by atoms with van der Waals surface area (Å²) < 4.78 is 29.9. The first-order chi connectivity index (χ1) is 9.44. The number of alkyl halides is 2. The zero-order valence-corrected chi connectivity index (χ0v) is 15.1. The average Bonchev–Trinajstić information content (AvgIpc) is 2.39. The molecule has 0 spiro atoms. The standard InChI is InChI=1S/C13H16Br2F2N2O.ClH/c14-10-5-9(6-11(15)7-10)12(13(16,17)8-20)19-3-1-18-2-4-19;/h5-7,12,18,20H,1-4,8H2;1H/t12-;/m0./s1. The van der Waals surface area contributed by atoms with Gasteiger partial charge in [0.15, 0.2) is 0 Å². The zero-order valence-electron chi connectivity index (χ0n) is 11.2. The van der Waals surface area contributed by atoms with Crippen molar-refractivity contribution in [1.82, 2.24) is 10.2 Å². The van der Waals surface area contributed by atoms with Crippen LogP contribution in [0.1, 0.15) is 11.6 Å². The minimum atomic E-state index is -3.18. The fraction of sp³-hybridized carbons (Fsp3) is 0.538. The van der Waals surface area contributed by atoms with Crippen LogP contribution in [-0.4, -0.2) is 48.7 Å². The van der Waals surface area contributed by atoms with E-state index in [4.69, 9.17) is 5.11 Å². The van der Waals surface area contributed by atoms with Crippen molar-refractivity contribution in [3.05, 3.63) is 32.7 Å². The molecule has 0 radical (unpaired) electrons. The Morgan fingerprint density at radius 2 is 1.71 bits per heavy atom. The van der Waals surface area contributed by atoms with Crippen molar-refractivity contribution in [2.24, 2.45) is 0 Å². The number of nitrogens with zero attached hydrogens (tertiary/aromatic N) is 1. The van der Waals surface area contributed by atoms with Crippen LogP contribution in [-0.2, 0) is 0 Å². The number of aliphatic hydroxyl groups excluding tert-OH is 1. The van der Waals surface area contributed by atoms with E-state index in [0.717, 1.165) is 8.95 Å². The second-order valence-electron chi connectivity index (χ2n) is 4.81. The molecule has 3 nitrogen and oxygen atoms in total. The third kappa shape index (κ3) is 4.84. The summed E-state index contributed by atoms with van der Waals surface area (Å²) in [7, 11) is 0. The summed E-state index contributed by atoms with van der Waals surface area (Å²) in [6, 6.07) is 4.04. The number of aliphatic hydroxyl groups is 1. The van der Waals surface area contributed by atoms with Crippen molar-refractivity contribution in [2.45, 2.75) is 12.0 Å². The van der Waals surface area contributed by atoms with Crippen LogP contribution in [0.25, 0.3) is 0 Å². The number of nitrogens with one attached hydrogen (secondary N) is 1. The first-order valence-electron chi connectivity index (χ1n) is 6.33. The van der Waals surface area contributed by atoms with E-state index in [0.29, 0.717) is 31.7 Å². The maximum Gasteiger partial charge on any atom is 0.289 e. The number of hydrogen-bond donors (Lipinski definition) is 2. The maximum absolute atomic E-state index is 14.2. The molecule has 1 aromatic rings. The Morgan fingerprint density at radius 1 is 1.19 bits per heavy atom. The lowest BCUT2D eigenvalue weighted by Gasteiger charge is -2.38. The van der Waals surface area contributed by atoms with Gasteiger partial charge in [0.25, 0.3) is 5.92 Å². The predicted octanol–water partition coefficient (Wildman–Crippen LogP) is 3.21. The summed E-state index contributed by atoms with van der Waals surface area (Å²) in [4.78, 5) is 1.72. The molecule has 1 aromatic carbocycles. The van der Waals surface area contributed by atoms with Gasteiger partial charge in [-0.2, -0.15) is 0 Å². The van der Waals surface area contributed by atoms with Gasteiger partial charge in [-0.3, -0.25) is 4.90 Å². The molecule has 0 unspecified atom stereocenters. The second kappa shape index (κ2) is 8.17. The van der Waals surface area contributed by atoms with Crippen LogP contribution in [0.5, 0.6) is 0 Å². The summed E-state index contributed by atoms with van der Waals surface area (Å²) >= 11 is 6.65. The predicted molar refractivity (Wildman–Crippen MR) is 88.3 cm³/mol. The lowest BCUT2D eigenvalue weighted by atomic mass is 9.98. The lowest BCUT2D eigenvalue weighted by Crippen LogP contribution is -2.51. The highest BCUT2D eigenvalue weighted by molar-refractivity contribution is 9.11. The quantitative estimate of drug-likeness (QED) is 0.740. The van der Waals surface area contributed by atoms with Gasteiger partial charge in [0, 0.05) is 35.1 Å². The van der Waals surface area contributed by atoms with Crippen molar-refractivity contribution < 1.29 is 13.9 Å². The molecule has 0 aliphatic carbocycles. The highest BCUT2D eigenvalue weighted by atomic mass is 79.9. The SMILES string of the molecule is Cl.OCC(F)(F)[C@H](c1cc(Br)cc(Br)c1)N1CCNCC1. The molecule has 1 saturated heterocycles. The molecule has 21 heavy (non-hydrogen) atoms. The number of halogens is 5. The van der Waals surface area contributed by atoms with Gasteiger partial charge >= 0.3 is 0 Å². The van der Waals surface area contributed by atoms with Gasteiger partial charge in [0.2, 0.25) is 0 Å². The Hall–Kier alpha value is 0.210. The van der Waals surface area contributed by atoms with E-state index < -0.39 is 18.6 Å². The molecule has 2 N–H and O–H groups in total. The summed E-state index contributed by atoms with van der Waals surface area (Å²) in [5, 5.41) is 12.2. The molecule has 2 rings (SSSR count). The molecular formula is C13H17Br2ClF2N2O. The van der Waals surface area contributed by atoms with Crippen LogP contribution in [0.2, 0.25) is 0 Å². The van der Waals surface area contributed by atoms with Gasteiger partial charge in [-0.15, -0.1) is 12.4 Å². The van der Waals surface area contributed by atoms with E-state index in [1.807, 2.05) is 0 Å². The van der Waals surface area contributed by atoms with Gasteiger partial charge in [-0.05, 0) is 23.8 Å². The highest BCUT2D eigenvalue weighted by Gasteiger charge is 2.44. The number of piperazine rings is 1. The Morgan fingerprint density at radius 3 is 2.19 bits per heavy atom. The first-order valence-corrected chi connectivity index (χ1v) is 7.92. The van der Waals surface area contributed by atoms with Crippen molar-refractivity contribution in [1.29, 1.82) is 0 Å². The van der Waals surface area contributed by atoms with Crippen LogP contribution in [0.15, 0.2) is 27.1 Å². The topological polar surface area (TPSA) is 35.5 Å². The van der Waals surface area contributed by atoms with E-state index in [1.54, 1.807) is 23.1 Å².